The minimum absolute atomic E-state index is 0.0836. The summed E-state index contributed by atoms with van der Waals surface area (Å²) in [4.78, 5) is 18.1. The van der Waals surface area contributed by atoms with E-state index in [4.69, 9.17) is 4.74 Å². The van der Waals surface area contributed by atoms with Gasteiger partial charge >= 0.3 is 6.09 Å². The van der Waals surface area contributed by atoms with Gasteiger partial charge in [0.05, 0.1) is 18.3 Å². The van der Waals surface area contributed by atoms with E-state index in [1.54, 1.807) is 11.1 Å². The summed E-state index contributed by atoms with van der Waals surface area (Å²) in [6, 6.07) is 5.91. The van der Waals surface area contributed by atoms with E-state index < -0.39 is 0 Å². The number of aromatic nitrogens is 1. The molecule has 0 bridgehead atoms. The number of hydrogen-bond donors (Lipinski definition) is 0. The Hall–Kier alpha value is -1.58. The summed E-state index contributed by atoms with van der Waals surface area (Å²) in [5.41, 5.74) is 0.961. The molecule has 1 amide bonds. The third-order valence-corrected chi connectivity index (χ3v) is 3.24. The zero-order chi connectivity index (χ0) is 12.8. The Morgan fingerprint density at radius 2 is 2.44 bits per heavy atom. The topological polar surface area (TPSA) is 42.4 Å². The summed E-state index contributed by atoms with van der Waals surface area (Å²) in [5, 5.41) is 0. The highest BCUT2D eigenvalue weighted by atomic mass is 16.6. The van der Waals surface area contributed by atoms with Gasteiger partial charge in [0.25, 0.3) is 0 Å². The molecule has 18 heavy (non-hydrogen) atoms. The van der Waals surface area contributed by atoms with Crippen LogP contribution in [0.5, 0.6) is 0 Å². The van der Waals surface area contributed by atoms with Crippen molar-refractivity contribution < 1.29 is 9.53 Å². The molecule has 1 aromatic heterocycles. The minimum Gasteiger partial charge on any atom is -0.449 e. The van der Waals surface area contributed by atoms with Crippen LogP contribution in [0.15, 0.2) is 24.4 Å². The van der Waals surface area contributed by atoms with Crippen LogP contribution in [0.1, 0.15) is 44.3 Å². The normalized spacial score (nSPS) is 18.9. The molecule has 1 fully saturated rings. The van der Waals surface area contributed by atoms with Crippen LogP contribution in [0, 0.1) is 0 Å². The predicted molar refractivity (Wildman–Crippen MR) is 69.2 cm³/mol. The molecule has 0 saturated carbocycles. The van der Waals surface area contributed by atoms with E-state index >= 15 is 0 Å². The van der Waals surface area contributed by atoms with Gasteiger partial charge in [-0.1, -0.05) is 19.4 Å². The van der Waals surface area contributed by atoms with Gasteiger partial charge in [0.1, 0.15) is 0 Å². The second-order valence-electron chi connectivity index (χ2n) is 4.57. The second-order valence-corrected chi connectivity index (χ2v) is 4.57. The standard InChI is InChI=1S/C14H20N2O2/c1-2-3-11-18-14(17)16-10-6-8-13(16)12-7-4-5-9-15-12/h4-5,7,9,13H,2-3,6,8,10-11H2,1H3/t13-/m1/s1. The molecule has 1 atom stereocenters. The summed E-state index contributed by atoms with van der Waals surface area (Å²) in [5.74, 6) is 0. The Labute approximate surface area is 108 Å². The Bertz CT molecular complexity index is 381. The van der Waals surface area contributed by atoms with E-state index in [1.807, 2.05) is 18.2 Å². The molecule has 2 rings (SSSR count). The van der Waals surface area contributed by atoms with Gasteiger partial charge in [-0.3, -0.25) is 9.88 Å². The van der Waals surface area contributed by atoms with Crippen LogP contribution in [-0.2, 0) is 4.74 Å². The van der Waals surface area contributed by atoms with E-state index in [2.05, 4.69) is 11.9 Å². The Balaban J connectivity index is 1.97. The number of hydrogen-bond acceptors (Lipinski definition) is 3. The molecular formula is C14H20N2O2. The largest absolute Gasteiger partial charge is 0.449 e. The molecule has 1 aromatic rings. The lowest BCUT2D eigenvalue weighted by molar-refractivity contribution is 0.0962. The van der Waals surface area contributed by atoms with Gasteiger partial charge in [-0.25, -0.2) is 4.79 Å². The molecule has 0 radical (unpaired) electrons. The molecule has 0 spiro atoms. The number of amides is 1. The highest BCUT2D eigenvalue weighted by molar-refractivity contribution is 5.68. The van der Waals surface area contributed by atoms with E-state index in [-0.39, 0.29) is 12.1 Å². The lowest BCUT2D eigenvalue weighted by Crippen LogP contribution is -2.31. The van der Waals surface area contributed by atoms with Crippen molar-refractivity contribution in [2.24, 2.45) is 0 Å². The van der Waals surface area contributed by atoms with Crippen molar-refractivity contribution in [1.82, 2.24) is 9.88 Å². The number of carbonyl (C=O) groups excluding carboxylic acids is 1. The lowest BCUT2D eigenvalue weighted by atomic mass is 10.1. The molecule has 0 N–H and O–H groups in total. The Morgan fingerprint density at radius 3 is 3.17 bits per heavy atom. The fourth-order valence-corrected chi connectivity index (χ4v) is 2.25. The Kier molecular flexibility index (Phi) is 4.56. The molecule has 4 nitrogen and oxygen atoms in total. The van der Waals surface area contributed by atoms with Crippen LogP contribution in [-0.4, -0.2) is 29.1 Å². The minimum atomic E-state index is -0.198. The summed E-state index contributed by atoms with van der Waals surface area (Å²) < 4.78 is 5.28. The molecule has 4 heteroatoms. The van der Waals surface area contributed by atoms with E-state index in [0.717, 1.165) is 37.9 Å². The van der Waals surface area contributed by atoms with Crippen LogP contribution < -0.4 is 0 Å². The van der Waals surface area contributed by atoms with Crippen molar-refractivity contribution in [3.63, 3.8) is 0 Å². The third-order valence-electron chi connectivity index (χ3n) is 3.24. The van der Waals surface area contributed by atoms with Crippen molar-refractivity contribution in [1.29, 1.82) is 0 Å². The van der Waals surface area contributed by atoms with Crippen molar-refractivity contribution in [3.8, 4) is 0 Å². The quantitative estimate of drug-likeness (QED) is 0.769. The van der Waals surface area contributed by atoms with E-state index in [1.165, 1.54) is 0 Å². The van der Waals surface area contributed by atoms with Crippen molar-refractivity contribution in [2.75, 3.05) is 13.2 Å². The van der Waals surface area contributed by atoms with Gasteiger partial charge in [-0.15, -0.1) is 0 Å². The third kappa shape index (κ3) is 3.00. The van der Waals surface area contributed by atoms with Crippen LogP contribution >= 0.6 is 0 Å². The highest BCUT2D eigenvalue weighted by Gasteiger charge is 2.31. The van der Waals surface area contributed by atoms with E-state index in [0.29, 0.717) is 6.61 Å². The molecule has 1 saturated heterocycles. The van der Waals surface area contributed by atoms with Gasteiger partial charge in [-0.2, -0.15) is 0 Å². The molecule has 1 aliphatic heterocycles. The number of nitrogens with zero attached hydrogens (tertiary/aromatic N) is 2. The fraction of sp³-hybridized carbons (Fsp3) is 0.571. The van der Waals surface area contributed by atoms with Crippen LogP contribution in [0.25, 0.3) is 0 Å². The maximum Gasteiger partial charge on any atom is 0.410 e. The molecule has 0 aromatic carbocycles. The van der Waals surface area contributed by atoms with Crippen molar-refractivity contribution >= 4 is 6.09 Å². The molecule has 98 valence electrons. The summed E-state index contributed by atoms with van der Waals surface area (Å²) in [6.07, 6.45) is 5.53. The smallest absolute Gasteiger partial charge is 0.410 e. The van der Waals surface area contributed by atoms with Crippen LogP contribution in [0.3, 0.4) is 0 Å². The number of ether oxygens (including phenoxy) is 1. The maximum absolute atomic E-state index is 12.0. The average Bonchev–Trinajstić information content (AvgIpc) is 2.89. The van der Waals surface area contributed by atoms with Crippen LogP contribution in [0.4, 0.5) is 4.79 Å². The predicted octanol–water partition coefficient (Wildman–Crippen LogP) is 3.16. The number of rotatable bonds is 4. The first-order chi connectivity index (χ1) is 8.83. The first-order valence-corrected chi connectivity index (χ1v) is 6.67. The molecule has 0 aliphatic carbocycles. The molecular weight excluding hydrogens is 228 g/mol. The number of carbonyl (C=O) groups is 1. The van der Waals surface area contributed by atoms with Crippen molar-refractivity contribution in [3.05, 3.63) is 30.1 Å². The summed E-state index contributed by atoms with van der Waals surface area (Å²) in [6.45, 7) is 3.37. The van der Waals surface area contributed by atoms with E-state index in [9.17, 15) is 4.79 Å². The zero-order valence-corrected chi connectivity index (χ0v) is 10.8. The lowest BCUT2D eigenvalue weighted by Gasteiger charge is -2.23. The first-order valence-electron chi connectivity index (χ1n) is 6.67. The van der Waals surface area contributed by atoms with Crippen molar-refractivity contribution in [2.45, 2.75) is 38.6 Å². The number of unbranched alkanes of at least 4 members (excludes halogenated alkanes) is 1. The van der Waals surface area contributed by atoms with Gasteiger partial charge in [0, 0.05) is 12.7 Å². The second kappa shape index (κ2) is 6.38. The van der Waals surface area contributed by atoms with Gasteiger partial charge < -0.3 is 4.74 Å². The summed E-state index contributed by atoms with van der Waals surface area (Å²) >= 11 is 0. The van der Waals surface area contributed by atoms with Gasteiger partial charge in [0.15, 0.2) is 0 Å². The average molecular weight is 248 g/mol. The molecule has 1 aliphatic rings. The fourth-order valence-electron chi connectivity index (χ4n) is 2.25. The summed E-state index contributed by atoms with van der Waals surface area (Å²) in [7, 11) is 0. The van der Waals surface area contributed by atoms with Gasteiger partial charge in [0.2, 0.25) is 0 Å². The zero-order valence-electron chi connectivity index (χ0n) is 10.8. The number of likely N-dealkylation sites (tertiary alicyclic amines) is 1. The van der Waals surface area contributed by atoms with Gasteiger partial charge in [-0.05, 0) is 31.4 Å². The maximum atomic E-state index is 12.0. The van der Waals surface area contributed by atoms with Crippen LogP contribution in [0.2, 0.25) is 0 Å². The first kappa shape index (κ1) is 12.9. The number of pyridine rings is 1. The molecule has 2 heterocycles. The SMILES string of the molecule is CCCCOC(=O)N1CCC[C@@H]1c1ccccn1. The monoisotopic (exact) mass is 248 g/mol. The highest BCUT2D eigenvalue weighted by Crippen LogP contribution is 2.30. The molecule has 0 unspecified atom stereocenters. The Morgan fingerprint density at radius 1 is 1.56 bits per heavy atom.